The Morgan fingerprint density at radius 1 is 1.24 bits per heavy atom. The number of hydrogen-bond acceptors (Lipinski definition) is 0. The van der Waals surface area contributed by atoms with E-state index in [1.807, 2.05) is 12.3 Å². The predicted octanol–water partition coefficient (Wildman–Crippen LogP) is 4.17. The molecule has 0 aliphatic carbocycles. The van der Waals surface area contributed by atoms with E-state index in [0.29, 0.717) is 6.04 Å². The van der Waals surface area contributed by atoms with Crippen LogP contribution in [0.15, 0.2) is 31.4 Å². The molecule has 1 rings (SSSR count). The number of H-pyrrole nitrogens is 1. The summed E-state index contributed by atoms with van der Waals surface area (Å²) in [5, 5.41) is 0. The lowest BCUT2D eigenvalue weighted by Gasteiger charge is -2.12. The summed E-state index contributed by atoms with van der Waals surface area (Å²) in [6, 6.07) is 0.640. The molecule has 1 N–H and O–H groups in total. The van der Waals surface area contributed by atoms with Crippen LogP contribution in [0.1, 0.15) is 64.3 Å². The minimum atomic E-state index is 0.640. The van der Waals surface area contributed by atoms with Crippen molar-refractivity contribution < 1.29 is 4.57 Å². The van der Waals surface area contributed by atoms with Gasteiger partial charge in [-0.05, 0) is 25.7 Å². The molecule has 0 bridgehead atoms. The van der Waals surface area contributed by atoms with Gasteiger partial charge >= 0.3 is 0 Å². The molecule has 0 aliphatic heterocycles. The Labute approximate surface area is 106 Å². The van der Waals surface area contributed by atoms with Crippen LogP contribution in [0.4, 0.5) is 0 Å². The first-order chi connectivity index (χ1) is 8.38. The summed E-state index contributed by atoms with van der Waals surface area (Å²) in [4.78, 5) is 3.13. The van der Waals surface area contributed by atoms with Gasteiger partial charge in [-0.15, -0.1) is 6.58 Å². The molecule has 0 aromatic carbocycles. The zero-order chi connectivity index (χ0) is 12.3. The summed E-state index contributed by atoms with van der Waals surface area (Å²) < 4.78 is 2.31. The highest BCUT2D eigenvalue weighted by molar-refractivity contribution is 4.69. The molecule has 1 unspecified atom stereocenters. The highest BCUT2D eigenvalue weighted by atomic mass is 15.0. The van der Waals surface area contributed by atoms with Gasteiger partial charge < -0.3 is 0 Å². The Bertz CT molecular complexity index is 277. The zero-order valence-corrected chi connectivity index (χ0v) is 11.2. The molecule has 1 aromatic rings. The van der Waals surface area contributed by atoms with Crippen molar-refractivity contribution >= 4 is 0 Å². The van der Waals surface area contributed by atoms with Gasteiger partial charge in [-0.3, -0.25) is 4.98 Å². The number of nitrogens with one attached hydrogen (secondary N) is 1. The maximum atomic E-state index is 3.82. The summed E-state index contributed by atoms with van der Waals surface area (Å²) in [5.41, 5.74) is 0. The van der Waals surface area contributed by atoms with Crippen LogP contribution in [-0.4, -0.2) is 4.98 Å². The van der Waals surface area contributed by atoms with E-state index in [0.717, 1.165) is 6.42 Å². The van der Waals surface area contributed by atoms with E-state index < -0.39 is 0 Å². The third-order valence-corrected chi connectivity index (χ3v) is 3.33. The van der Waals surface area contributed by atoms with Gasteiger partial charge in [0.2, 0.25) is 6.33 Å². The minimum Gasteiger partial charge on any atom is -0.250 e. The zero-order valence-electron chi connectivity index (χ0n) is 11.2. The molecule has 0 saturated heterocycles. The Morgan fingerprint density at radius 2 is 2.06 bits per heavy atom. The number of aromatic nitrogens is 2. The van der Waals surface area contributed by atoms with E-state index in [2.05, 4.69) is 35.6 Å². The highest BCUT2D eigenvalue weighted by Crippen LogP contribution is 2.16. The molecule has 0 amide bonds. The second kappa shape index (κ2) is 9.03. The van der Waals surface area contributed by atoms with Crippen LogP contribution in [0, 0.1) is 0 Å². The topological polar surface area (TPSA) is 19.7 Å². The van der Waals surface area contributed by atoms with Crippen LogP contribution in [0.25, 0.3) is 0 Å². The van der Waals surface area contributed by atoms with Crippen LogP contribution in [0.2, 0.25) is 0 Å². The van der Waals surface area contributed by atoms with E-state index in [-0.39, 0.29) is 0 Å². The normalized spacial score (nSPS) is 12.5. The van der Waals surface area contributed by atoms with Crippen LogP contribution >= 0.6 is 0 Å². The first-order valence-electron chi connectivity index (χ1n) is 7.03. The van der Waals surface area contributed by atoms with Gasteiger partial charge in [0.05, 0.1) is 0 Å². The molecule has 0 aliphatic rings. The Kier molecular flexibility index (Phi) is 7.44. The summed E-state index contributed by atoms with van der Waals surface area (Å²) >= 11 is 0. The maximum Gasteiger partial charge on any atom is 0.241 e. The molecule has 17 heavy (non-hydrogen) atoms. The molecule has 1 aromatic heterocycles. The number of aromatic amines is 1. The largest absolute Gasteiger partial charge is 0.250 e. The number of rotatable bonds is 10. The van der Waals surface area contributed by atoms with E-state index in [1.54, 1.807) is 0 Å². The fourth-order valence-corrected chi connectivity index (χ4v) is 2.26. The van der Waals surface area contributed by atoms with Crippen molar-refractivity contribution in [1.29, 1.82) is 0 Å². The summed E-state index contributed by atoms with van der Waals surface area (Å²) in [7, 11) is 0. The van der Waals surface area contributed by atoms with Crippen molar-refractivity contribution in [2.24, 2.45) is 0 Å². The Morgan fingerprint density at radius 3 is 2.71 bits per heavy atom. The van der Waals surface area contributed by atoms with E-state index in [4.69, 9.17) is 0 Å². The van der Waals surface area contributed by atoms with Crippen molar-refractivity contribution in [3.8, 4) is 0 Å². The Hall–Kier alpha value is -1.05. The molecule has 0 radical (unpaired) electrons. The smallest absolute Gasteiger partial charge is 0.241 e. The molecule has 96 valence electrons. The molecule has 2 heteroatoms. The fraction of sp³-hybridized carbons (Fsp3) is 0.667. The monoisotopic (exact) mass is 235 g/mol. The summed E-state index contributed by atoms with van der Waals surface area (Å²) in [6.45, 7) is 6.08. The second-order valence-corrected chi connectivity index (χ2v) is 4.78. The molecule has 2 nitrogen and oxygen atoms in total. The van der Waals surface area contributed by atoms with Gasteiger partial charge in [-0.1, -0.05) is 38.7 Å². The van der Waals surface area contributed by atoms with Crippen molar-refractivity contribution in [1.82, 2.24) is 4.98 Å². The first kappa shape index (κ1) is 14.0. The fourth-order valence-electron chi connectivity index (χ4n) is 2.26. The summed E-state index contributed by atoms with van der Waals surface area (Å²) in [5.74, 6) is 0. The average Bonchev–Trinajstić information content (AvgIpc) is 2.86. The predicted molar refractivity (Wildman–Crippen MR) is 72.8 cm³/mol. The Balaban J connectivity index is 2.28. The van der Waals surface area contributed by atoms with Crippen molar-refractivity contribution in [2.75, 3.05) is 0 Å². The maximum absolute atomic E-state index is 3.82. The minimum absolute atomic E-state index is 0.640. The van der Waals surface area contributed by atoms with Crippen molar-refractivity contribution in [3.05, 3.63) is 31.4 Å². The van der Waals surface area contributed by atoms with Gasteiger partial charge in [-0.2, -0.15) is 0 Å². The lowest BCUT2D eigenvalue weighted by Crippen LogP contribution is -2.36. The molecule has 0 fully saturated rings. The number of imidazole rings is 1. The lowest BCUT2D eigenvalue weighted by molar-refractivity contribution is -0.723. The average molecular weight is 235 g/mol. The SMILES string of the molecule is C=CCCC(CCCCCCC)[n+]1cc[nH]c1. The summed E-state index contributed by atoms with van der Waals surface area (Å²) in [6.07, 6.45) is 18.7. The number of allylic oxidation sites excluding steroid dienone is 1. The van der Waals surface area contributed by atoms with Gasteiger partial charge in [0, 0.05) is 0 Å². The third kappa shape index (κ3) is 5.71. The van der Waals surface area contributed by atoms with Crippen LogP contribution in [0.3, 0.4) is 0 Å². The van der Waals surface area contributed by atoms with E-state index in [1.165, 1.54) is 44.9 Å². The standard InChI is InChI=1S/C15H26N2/c1-3-5-7-8-9-11-15(10-6-4-2)17-13-12-16-14-17/h4,12-15H,2-3,5-11H2,1H3/p+1. The lowest BCUT2D eigenvalue weighted by atomic mass is 10.0. The van der Waals surface area contributed by atoms with Gasteiger partial charge in [0.25, 0.3) is 0 Å². The molecule has 1 atom stereocenters. The number of unbranched alkanes of at least 4 members (excludes halogenated alkanes) is 4. The van der Waals surface area contributed by atoms with Crippen LogP contribution in [0.5, 0.6) is 0 Å². The number of hydrogen-bond donors (Lipinski definition) is 1. The van der Waals surface area contributed by atoms with E-state index >= 15 is 0 Å². The van der Waals surface area contributed by atoms with Crippen molar-refractivity contribution in [2.45, 2.75) is 64.3 Å². The first-order valence-corrected chi connectivity index (χ1v) is 7.03. The quantitative estimate of drug-likeness (QED) is 0.357. The molecule has 1 heterocycles. The van der Waals surface area contributed by atoms with Gasteiger partial charge in [-0.25, -0.2) is 4.57 Å². The van der Waals surface area contributed by atoms with Gasteiger partial charge in [0.15, 0.2) is 0 Å². The number of nitrogens with zero attached hydrogens (tertiary/aromatic N) is 1. The molecular weight excluding hydrogens is 208 g/mol. The highest BCUT2D eigenvalue weighted by Gasteiger charge is 2.13. The molecule has 0 spiro atoms. The molecular formula is C15H27N2+. The third-order valence-electron chi connectivity index (χ3n) is 3.33. The van der Waals surface area contributed by atoms with Crippen molar-refractivity contribution in [3.63, 3.8) is 0 Å². The van der Waals surface area contributed by atoms with Crippen LogP contribution in [-0.2, 0) is 0 Å². The second-order valence-electron chi connectivity index (χ2n) is 4.78. The van der Waals surface area contributed by atoms with Crippen LogP contribution < -0.4 is 4.57 Å². The molecule has 0 saturated carbocycles. The van der Waals surface area contributed by atoms with Gasteiger partial charge in [0.1, 0.15) is 18.4 Å². The van der Waals surface area contributed by atoms with E-state index in [9.17, 15) is 0 Å².